The average Bonchev–Trinajstić information content (AvgIpc) is 3.22. The van der Waals surface area contributed by atoms with Gasteiger partial charge in [-0.05, 0) is 61.7 Å². The summed E-state index contributed by atoms with van der Waals surface area (Å²) >= 11 is 1.78. The quantitative estimate of drug-likeness (QED) is 0.585. The van der Waals surface area contributed by atoms with Crippen LogP contribution >= 0.6 is 11.8 Å². The lowest BCUT2D eigenvalue weighted by Crippen LogP contribution is -2.53. The summed E-state index contributed by atoms with van der Waals surface area (Å²) in [5.74, 6) is 1.11. The molecule has 5 nitrogen and oxygen atoms in total. The first kappa shape index (κ1) is 22.6. The molecule has 0 atom stereocenters. The van der Waals surface area contributed by atoms with E-state index >= 15 is 0 Å². The maximum Gasteiger partial charge on any atom is 0.255 e. The predicted octanol–water partition coefficient (Wildman–Crippen LogP) is 4.83. The highest BCUT2D eigenvalue weighted by molar-refractivity contribution is 8.00. The lowest BCUT2D eigenvalue weighted by molar-refractivity contribution is 0.0497. The molecule has 170 valence electrons. The molecule has 0 aromatic heterocycles. The van der Waals surface area contributed by atoms with Crippen molar-refractivity contribution in [1.29, 1.82) is 0 Å². The van der Waals surface area contributed by atoms with E-state index in [4.69, 9.17) is 4.74 Å². The van der Waals surface area contributed by atoms with Crippen molar-refractivity contribution in [2.75, 3.05) is 32.0 Å². The molecule has 32 heavy (non-hydrogen) atoms. The Hall–Kier alpha value is -2.54. The first-order chi connectivity index (χ1) is 15.5. The Morgan fingerprint density at radius 3 is 2.47 bits per heavy atom. The number of nitrogens with zero attached hydrogens (tertiary/aromatic N) is 2. The topological polar surface area (TPSA) is 49.9 Å². The zero-order valence-corrected chi connectivity index (χ0v) is 19.2. The fourth-order valence-corrected chi connectivity index (χ4v) is 5.81. The average molecular weight is 457 g/mol. The summed E-state index contributed by atoms with van der Waals surface area (Å²) in [5.41, 5.74) is 1.03. The van der Waals surface area contributed by atoms with Crippen LogP contribution in [-0.2, 0) is 0 Å². The monoisotopic (exact) mass is 456 g/mol. The molecule has 0 bridgehead atoms. The number of hydrogen-bond donors (Lipinski definition) is 0. The van der Waals surface area contributed by atoms with E-state index in [1.54, 1.807) is 23.9 Å². The van der Waals surface area contributed by atoms with E-state index in [0.29, 0.717) is 50.2 Å². The normalized spacial score (nSPS) is 17.6. The second kappa shape index (κ2) is 9.94. The molecule has 2 aliphatic heterocycles. The Morgan fingerprint density at radius 2 is 1.78 bits per heavy atom. The zero-order valence-electron chi connectivity index (χ0n) is 18.4. The van der Waals surface area contributed by atoms with E-state index in [1.165, 1.54) is 12.1 Å². The molecular formula is C25H29FN2O3S. The van der Waals surface area contributed by atoms with E-state index in [9.17, 15) is 14.0 Å². The number of rotatable bonds is 6. The Morgan fingerprint density at radius 1 is 1.03 bits per heavy atom. The number of carbonyl (C=O) groups excluding carboxylic acids is 2. The lowest BCUT2D eigenvalue weighted by Gasteiger charge is -2.44. The number of likely N-dealkylation sites (tertiary alicyclic amines) is 1. The number of thioether (sulfide) groups is 1. The summed E-state index contributed by atoms with van der Waals surface area (Å²) in [5, 5.41) is 0. The van der Waals surface area contributed by atoms with Crippen LogP contribution in [0.25, 0.3) is 0 Å². The fourth-order valence-electron chi connectivity index (χ4n) is 4.36. The van der Waals surface area contributed by atoms with Crippen LogP contribution in [-0.4, -0.2) is 58.5 Å². The number of carbonyl (C=O) groups is 2. The first-order valence-corrected chi connectivity index (χ1v) is 12.2. The standard InChI is InChI=1S/C25H29FN2O3S/c1-2-3-16-31-22-9-7-19(8-10-22)23(29)27-13-11-25(12-14-27)28(15-17-32-25)24(30)20-5-4-6-21(26)18-20/h4-10,18H,2-3,11-17H2,1H3. The Kier molecular flexibility index (Phi) is 7.04. The number of benzene rings is 2. The van der Waals surface area contributed by atoms with Gasteiger partial charge in [0, 0.05) is 36.5 Å². The molecular weight excluding hydrogens is 427 g/mol. The van der Waals surface area contributed by atoms with Crippen LogP contribution in [0.2, 0.25) is 0 Å². The minimum Gasteiger partial charge on any atom is -0.494 e. The summed E-state index contributed by atoms with van der Waals surface area (Å²) < 4.78 is 19.3. The van der Waals surface area contributed by atoms with Crippen molar-refractivity contribution in [3.8, 4) is 5.75 Å². The van der Waals surface area contributed by atoms with E-state index in [2.05, 4.69) is 6.92 Å². The maximum absolute atomic E-state index is 13.6. The molecule has 2 aromatic carbocycles. The maximum atomic E-state index is 13.6. The van der Waals surface area contributed by atoms with Crippen LogP contribution in [0.3, 0.4) is 0 Å². The van der Waals surface area contributed by atoms with Gasteiger partial charge < -0.3 is 14.5 Å². The molecule has 0 N–H and O–H groups in total. The minimum absolute atomic E-state index is 0.00552. The van der Waals surface area contributed by atoms with E-state index in [1.807, 2.05) is 34.1 Å². The van der Waals surface area contributed by atoms with Gasteiger partial charge in [0.2, 0.25) is 0 Å². The van der Waals surface area contributed by atoms with E-state index in [0.717, 1.165) is 24.3 Å². The summed E-state index contributed by atoms with van der Waals surface area (Å²) in [6.07, 6.45) is 3.51. The number of ether oxygens (including phenoxy) is 1. The van der Waals surface area contributed by atoms with Crippen molar-refractivity contribution in [3.63, 3.8) is 0 Å². The van der Waals surface area contributed by atoms with Gasteiger partial charge in [-0.25, -0.2) is 4.39 Å². The van der Waals surface area contributed by atoms with Gasteiger partial charge in [0.1, 0.15) is 11.6 Å². The molecule has 1 spiro atoms. The van der Waals surface area contributed by atoms with Crippen LogP contribution in [0.4, 0.5) is 4.39 Å². The lowest BCUT2D eigenvalue weighted by atomic mass is 10.00. The van der Waals surface area contributed by atoms with Crippen molar-refractivity contribution in [2.24, 2.45) is 0 Å². The third-order valence-corrected chi connectivity index (χ3v) is 7.75. The van der Waals surface area contributed by atoms with Crippen molar-refractivity contribution < 1.29 is 18.7 Å². The highest BCUT2D eigenvalue weighted by Crippen LogP contribution is 2.44. The van der Waals surface area contributed by atoms with Gasteiger partial charge in [-0.15, -0.1) is 11.8 Å². The Balaban J connectivity index is 1.38. The molecule has 4 rings (SSSR count). The summed E-state index contributed by atoms with van der Waals surface area (Å²) in [6, 6.07) is 13.2. The summed E-state index contributed by atoms with van der Waals surface area (Å²) in [4.78, 5) is 29.5. The molecule has 2 amide bonds. The van der Waals surface area contributed by atoms with Crippen LogP contribution in [0.1, 0.15) is 53.3 Å². The smallest absolute Gasteiger partial charge is 0.255 e. The SMILES string of the molecule is CCCCOc1ccc(C(=O)N2CCC3(CC2)SCCN3C(=O)c2cccc(F)c2)cc1. The van der Waals surface area contributed by atoms with Gasteiger partial charge in [-0.1, -0.05) is 19.4 Å². The van der Waals surface area contributed by atoms with Gasteiger partial charge in [0.05, 0.1) is 11.5 Å². The molecule has 0 radical (unpaired) electrons. The van der Waals surface area contributed by atoms with Gasteiger partial charge >= 0.3 is 0 Å². The van der Waals surface area contributed by atoms with Crippen molar-refractivity contribution in [1.82, 2.24) is 9.80 Å². The number of hydrogen-bond acceptors (Lipinski definition) is 4. The largest absolute Gasteiger partial charge is 0.494 e. The Bertz CT molecular complexity index is 958. The first-order valence-electron chi connectivity index (χ1n) is 11.3. The number of amides is 2. The van der Waals surface area contributed by atoms with Crippen LogP contribution < -0.4 is 4.74 Å². The third kappa shape index (κ3) is 4.77. The molecule has 2 aliphatic rings. The number of halogens is 1. The second-order valence-electron chi connectivity index (χ2n) is 8.28. The number of unbranched alkanes of at least 4 members (excludes halogenated alkanes) is 1. The minimum atomic E-state index is -0.404. The molecule has 7 heteroatoms. The van der Waals surface area contributed by atoms with Crippen molar-refractivity contribution in [2.45, 2.75) is 37.5 Å². The van der Waals surface area contributed by atoms with Crippen LogP contribution in [0, 0.1) is 5.82 Å². The molecule has 2 aromatic rings. The number of piperidine rings is 1. The highest BCUT2D eigenvalue weighted by atomic mass is 32.2. The van der Waals surface area contributed by atoms with Crippen LogP contribution in [0.5, 0.6) is 5.75 Å². The zero-order chi connectivity index (χ0) is 22.6. The Labute approximate surface area is 192 Å². The van der Waals surface area contributed by atoms with Crippen LogP contribution in [0.15, 0.2) is 48.5 Å². The molecule has 0 unspecified atom stereocenters. The second-order valence-corrected chi connectivity index (χ2v) is 9.74. The van der Waals surface area contributed by atoms with E-state index in [-0.39, 0.29) is 16.7 Å². The predicted molar refractivity (Wildman–Crippen MR) is 125 cm³/mol. The van der Waals surface area contributed by atoms with Gasteiger partial charge in [0.15, 0.2) is 0 Å². The van der Waals surface area contributed by atoms with Gasteiger partial charge in [0.25, 0.3) is 11.8 Å². The summed E-state index contributed by atoms with van der Waals surface area (Å²) in [7, 11) is 0. The molecule has 0 saturated carbocycles. The molecule has 0 aliphatic carbocycles. The molecule has 2 heterocycles. The molecule has 2 saturated heterocycles. The third-order valence-electron chi connectivity index (χ3n) is 6.19. The van der Waals surface area contributed by atoms with E-state index < -0.39 is 5.82 Å². The fraction of sp³-hybridized carbons (Fsp3) is 0.440. The highest BCUT2D eigenvalue weighted by Gasteiger charge is 2.47. The summed E-state index contributed by atoms with van der Waals surface area (Å²) in [6.45, 7) is 4.63. The van der Waals surface area contributed by atoms with Crippen molar-refractivity contribution in [3.05, 3.63) is 65.5 Å². The van der Waals surface area contributed by atoms with Gasteiger partial charge in [-0.3, -0.25) is 9.59 Å². The van der Waals surface area contributed by atoms with Crippen molar-refractivity contribution >= 4 is 23.6 Å². The molecule has 2 fully saturated rings. The van der Waals surface area contributed by atoms with Gasteiger partial charge in [-0.2, -0.15) is 0 Å².